The standard InChI is InChI=1S/C24H24N4O6S/c1-24(2,3)27-35(32,33)21-13-12-19(34-21)22(30)25-16-10-8-15(9-11-16)23(31)28-14-20(29)26-17-6-4-5-7-18(17)28/h4-13,27H,14H2,1-3H3,(H,25,30)(H,26,29). The van der Waals surface area contributed by atoms with Crippen LogP contribution in [0.15, 0.2) is 70.2 Å². The van der Waals surface area contributed by atoms with Crippen LogP contribution in [0, 0.1) is 0 Å². The smallest absolute Gasteiger partial charge is 0.291 e. The highest BCUT2D eigenvalue weighted by Crippen LogP contribution is 2.30. The summed E-state index contributed by atoms with van der Waals surface area (Å²) in [4.78, 5) is 39.0. The number of para-hydroxylation sites is 2. The van der Waals surface area contributed by atoms with E-state index in [1.165, 1.54) is 41.3 Å². The summed E-state index contributed by atoms with van der Waals surface area (Å²) in [6.07, 6.45) is 0. The van der Waals surface area contributed by atoms with Crippen molar-refractivity contribution in [3.63, 3.8) is 0 Å². The minimum atomic E-state index is -3.92. The van der Waals surface area contributed by atoms with Crippen molar-refractivity contribution < 1.29 is 27.2 Å². The molecule has 1 aliphatic heterocycles. The number of carbonyl (C=O) groups excluding carboxylic acids is 3. The Morgan fingerprint density at radius 2 is 1.69 bits per heavy atom. The normalized spacial score (nSPS) is 13.7. The molecule has 2 aromatic carbocycles. The van der Waals surface area contributed by atoms with Gasteiger partial charge in [0.05, 0.1) is 11.4 Å². The van der Waals surface area contributed by atoms with Crippen molar-refractivity contribution >= 4 is 44.8 Å². The van der Waals surface area contributed by atoms with Crippen LogP contribution in [-0.2, 0) is 14.8 Å². The van der Waals surface area contributed by atoms with Crippen LogP contribution in [0.25, 0.3) is 0 Å². The predicted molar refractivity (Wildman–Crippen MR) is 130 cm³/mol. The highest BCUT2D eigenvalue weighted by Gasteiger charge is 2.28. The van der Waals surface area contributed by atoms with Crippen molar-refractivity contribution in [3.8, 4) is 0 Å². The van der Waals surface area contributed by atoms with Gasteiger partial charge in [-0.3, -0.25) is 19.3 Å². The van der Waals surface area contributed by atoms with E-state index >= 15 is 0 Å². The summed E-state index contributed by atoms with van der Waals surface area (Å²) >= 11 is 0. The lowest BCUT2D eigenvalue weighted by Crippen LogP contribution is -2.42. The zero-order valence-electron chi connectivity index (χ0n) is 19.3. The third-order valence-corrected chi connectivity index (χ3v) is 6.55. The molecule has 3 amide bonds. The molecule has 0 unspecified atom stereocenters. The topological polar surface area (TPSA) is 138 Å². The molecule has 2 heterocycles. The van der Waals surface area contributed by atoms with Crippen LogP contribution in [0.5, 0.6) is 0 Å². The van der Waals surface area contributed by atoms with Crippen LogP contribution in [0.4, 0.5) is 17.1 Å². The van der Waals surface area contributed by atoms with Crippen molar-refractivity contribution in [2.24, 2.45) is 0 Å². The van der Waals surface area contributed by atoms with Gasteiger partial charge in [-0.2, -0.15) is 0 Å². The van der Waals surface area contributed by atoms with Crippen LogP contribution >= 0.6 is 0 Å². The first-order chi connectivity index (χ1) is 16.4. The Bertz CT molecular complexity index is 1400. The molecular formula is C24H24N4O6S. The maximum Gasteiger partial charge on any atom is 0.291 e. The maximum absolute atomic E-state index is 13.0. The molecular weight excluding hydrogens is 472 g/mol. The molecule has 11 heteroatoms. The van der Waals surface area contributed by atoms with Gasteiger partial charge in [-0.25, -0.2) is 13.1 Å². The van der Waals surface area contributed by atoms with Crippen molar-refractivity contribution in [2.75, 3.05) is 22.1 Å². The fourth-order valence-electron chi connectivity index (χ4n) is 3.50. The predicted octanol–water partition coefficient (Wildman–Crippen LogP) is 3.21. The molecule has 0 aliphatic carbocycles. The monoisotopic (exact) mass is 496 g/mol. The van der Waals surface area contributed by atoms with E-state index in [-0.39, 0.29) is 29.2 Å². The molecule has 35 heavy (non-hydrogen) atoms. The van der Waals surface area contributed by atoms with Gasteiger partial charge in [0.15, 0.2) is 5.76 Å². The number of anilines is 3. The number of furan rings is 1. The summed E-state index contributed by atoms with van der Waals surface area (Å²) < 4.78 is 32.5. The van der Waals surface area contributed by atoms with Gasteiger partial charge < -0.3 is 15.1 Å². The summed E-state index contributed by atoms with van der Waals surface area (Å²) in [5.41, 5.74) is 1.13. The van der Waals surface area contributed by atoms with Crippen molar-refractivity contribution in [1.82, 2.24) is 4.72 Å². The van der Waals surface area contributed by atoms with Gasteiger partial charge in [-0.05, 0) is 69.3 Å². The zero-order valence-corrected chi connectivity index (χ0v) is 20.1. The van der Waals surface area contributed by atoms with Gasteiger partial charge in [0, 0.05) is 16.8 Å². The summed E-state index contributed by atoms with van der Waals surface area (Å²) in [5, 5.41) is 4.97. The Kier molecular flexibility index (Phi) is 6.22. The summed E-state index contributed by atoms with van der Waals surface area (Å²) in [7, 11) is -3.92. The number of hydrogen-bond donors (Lipinski definition) is 3. The molecule has 0 saturated heterocycles. The highest BCUT2D eigenvalue weighted by atomic mass is 32.2. The molecule has 0 bridgehead atoms. The van der Waals surface area contributed by atoms with Crippen molar-refractivity contribution in [2.45, 2.75) is 31.4 Å². The van der Waals surface area contributed by atoms with Crippen LogP contribution < -0.4 is 20.3 Å². The number of hydrogen-bond acceptors (Lipinski definition) is 6. The third-order valence-electron chi connectivity index (χ3n) is 4.92. The number of sulfonamides is 1. The number of fused-ring (bicyclic) bond motifs is 1. The lowest BCUT2D eigenvalue weighted by atomic mass is 10.1. The largest absolute Gasteiger partial charge is 0.438 e. The second-order valence-electron chi connectivity index (χ2n) is 8.96. The second kappa shape index (κ2) is 9.01. The van der Waals surface area contributed by atoms with E-state index in [9.17, 15) is 22.8 Å². The first-order valence-electron chi connectivity index (χ1n) is 10.7. The number of nitrogens with zero attached hydrogens (tertiary/aromatic N) is 1. The first kappa shape index (κ1) is 24.2. The molecule has 0 atom stereocenters. The molecule has 0 radical (unpaired) electrons. The molecule has 0 spiro atoms. The lowest BCUT2D eigenvalue weighted by molar-refractivity contribution is -0.115. The van der Waals surface area contributed by atoms with E-state index in [1.807, 2.05) is 0 Å². The molecule has 0 fully saturated rings. The van der Waals surface area contributed by atoms with E-state index < -0.39 is 21.5 Å². The Labute approximate surface area is 202 Å². The molecule has 182 valence electrons. The lowest BCUT2D eigenvalue weighted by Gasteiger charge is -2.29. The second-order valence-corrected chi connectivity index (χ2v) is 10.6. The minimum absolute atomic E-state index is 0.109. The first-order valence-corrected chi connectivity index (χ1v) is 12.2. The average molecular weight is 497 g/mol. The van der Waals surface area contributed by atoms with E-state index in [2.05, 4.69) is 15.4 Å². The SMILES string of the molecule is CC(C)(C)NS(=O)(=O)c1ccc(C(=O)Nc2ccc(C(=O)N3CC(=O)Nc4ccccc43)cc2)o1. The Morgan fingerprint density at radius 1 is 1.00 bits per heavy atom. The van der Waals surface area contributed by atoms with Crippen LogP contribution in [0.3, 0.4) is 0 Å². The van der Waals surface area contributed by atoms with Gasteiger partial charge >= 0.3 is 0 Å². The quantitative estimate of drug-likeness (QED) is 0.496. The van der Waals surface area contributed by atoms with Crippen LogP contribution in [-0.4, -0.2) is 38.2 Å². The number of benzene rings is 2. The maximum atomic E-state index is 13.0. The van der Waals surface area contributed by atoms with E-state index in [1.54, 1.807) is 45.0 Å². The van der Waals surface area contributed by atoms with Crippen molar-refractivity contribution in [1.29, 1.82) is 0 Å². The Balaban J connectivity index is 1.46. The molecule has 1 aliphatic rings. The highest BCUT2D eigenvalue weighted by molar-refractivity contribution is 7.89. The number of carbonyl (C=O) groups is 3. The average Bonchev–Trinajstić information content (AvgIpc) is 3.29. The summed E-state index contributed by atoms with van der Waals surface area (Å²) in [6, 6.07) is 15.6. The minimum Gasteiger partial charge on any atom is -0.438 e. The molecule has 1 aromatic heterocycles. The summed E-state index contributed by atoms with van der Waals surface area (Å²) in [5.74, 6) is -1.49. The van der Waals surface area contributed by atoms with Crippen LogP contribution in [0.1, 0.15) is 41.7 Å². The van der Waals surface area contributed by atoms with E-state index in [0.717, 1.165) is 0 Å². The number of amides is 3. The number of nitrogens with one attached hydrogen (secondary N) is 3. The van der Waals surface area contributed by atoms with E-state index in [0.29, 0.717) is 22.6 Å². The third kappa shape index (κ3) is 5.42. The molecule has 4 rings (SSSR count). The van der Waals surface area contributed by atoms with Crippen LogP contribution in [0.2, 0.25) is 0 Å². The Hall–Kier alpha value is -3.96. The van der Waals surface area contributed by atoms with Gasteiger partial charge in [0.2, 0.25) is 11.0 Å². The van der Waals surface area contributed by atoms with Crippen molar-refractivity contribution in [3.05, 3.63) is 72.0 Å². The van der Waals surface area contributed by atoms with Gasteiger partial charge in [0.25, 0.3) is 21.8 Å². The molecule has 10 nitrogen and oxygen atoms in total. The van der Waals surface area contributed by atoms with E-state index in [4.69, 9.17) is 4.42 Å². The number of rotatable bonds is 5. The van der Waals surface area contributed by atoms with Gasteiger partial charge in [0.1, 0.15) is 6.54 Å². The Morgan fingerprint density at radius 3 is 2.37 bits per heavy atom. The fourth-order valence-corrected chi connectivity index (χ4v) is 4.85. The fraction of sp³-hybridized carbons (Fsp3) is 0.208. The zero-order chi connectivity index (χ0) is 25.4. The van der Waals surface area contributed by atoms with Gasteiger partial charge in [-0.1, -0.05) is 12.1 Å². The summed E-state index contributed by atoms with van der Waals surface area (Å²) in [6.45, 7) is 4.96. The molecule has 3 N–H and O–H groups in total. The van der Waals surface area contributed by atoms with Gasteiger partial charge in [-0.15, -0.1) is 0 Å². The molecule has 3 aromatic rings. The molecule has 0 saturated carbocycles.